The second-order valence-corrected chi connectivity index (χ2v) is 6.47. The van der Waals surface area contributed by atoms with Gasteiger partial charge in [0, 0.05) is 19.6 Å². The average molecular weight is 376 g/mol. The van der Waals surface area contributed by atoms with E-state index in [2.05, 4.69) is 10.3 Å². The van der Waals surface area contributed by atoms with Gasteiger partial charge >= 0.3 is 0 Å². The number of likely N-dealkylation sites (tertiary alicyclic amines) is 1. The van der Waals surface area contributed by atoms with Gasteiger partial charge in [-0.1, -0.05) is 17.7 Å². The number of nitrogens with zero attached hydrogens (tertiary/aromatic N) is 2. The molecule has 2 heterocycles. The maximum Gasteiger partial charge on any atom is 0.260 e. The number of aromatic nitrogens is 1. The number of benzene rings is 1. The Bertz CT molecular complexity index is 746. The van der Waals surface area contributed by atoms with Crippen LogP contribution in [0.1, 0.15) is 18.4 Å². The van der Waals surface area contributed by atoms with Crippen LogP contribution in [0.15, 0.2) is 36.5 Å². The van der Waals surface area contributed by atoms with E-state index in [4.69, 9.17) is 21.1 Å². The van der Waals surface area contributed by atoms with E-state index < -0.39 is 0 Å². The van der Waals surface area contributed by atoms with Crippen LogP contribution in [0.3, 0.4) is 0 Å². The summed E-state index contributed by atoms with van der Waals surface area (Å²) in [5.41, 5.74) is 1.90. The molecule has 1 N–H and O–H groups in total. The van der Waals surface area contributed by atoms with Gasteiger partial charge in [0.05, 0.1) is 19.0 Å². The summed E-state index contributed by atoms with van der Waals surface area (Å²) >= 11 is 5.78. The van der Waals surface area contributed by atoms with Crippen LogP contribution < -0.4 is 14.8 Å². The lowest BCUT2D eigenvalue weighted by atomic mass is 10.2. The average Bonchev–Trinajstić information content (AvgIpc) is 3.21. The lowest BCUT2D eigenvalue weighted by molar-refractivity contribution is -0.132. The number of methoxy groups -OCH3 is 1. The minimum absolute atomic E-state index is 0.0190. The first-order valence-electron chi connectivity index (χ1n) is 8.58. The number of pyridine rings is 1. The van der Waals surface area contributed by atoms with E-state index >= 15 is 0 Å². The van der Waals surface area contributed by atoms with Crippen molar-refractivity contribution in [1.82, 2.24) is 9.88 Å². The molecule has 0 radical (unpaired) electrons. The fraction of sp³-hybridized carbons (Fsp3) is 0.368. The van der Waals surface area contributed by atoms with E-state index in [1.54, 1.807) is 19.4 Å². The Morgan fingerprint density at radius 3 is 2.73 bits per heavy atom. The molecule has 0 atom stereocenters. The van der Waals surface area contributed by atoms with Crippen molar-refractivity contribution in [2.24, 2.45) is 0 Å². The molecule has 1 aliphatic rings. The largest absolute Gasteiger partial charge is 0.493 e. The molecule has 2 aromatic rings. The molecule has 1 aromatic heterocycles. The van der Waals surface area contributed by atoms with Gasteiger partial charge < -0.3 is 19.7 Å². The van der Waals surface area contributed by atoms with E-state index in [1.165, 1.54) is 0 Å². The molecule has 138 valence electrons. The number of ether oxygens (including phenoxy) is 2. The zero-order valence-electron chi connectivity index (χ0n) is 14.7. The van der Waals surface area contributed by atoms with Gasteiger partial charge in [0.25, 0.3) is 5.91 Å². The Morgan fingerprint density at radius 1 is 1.23 bits per heavy atom. The summed E-state index contributed by atoms with van der Waals surface area (Å²) in [4.78, 5) is 18.0. The number of halogens is 1. The number of carbonyl (C=O) groups excluding carboxylic acids is 1. The molecule has 3 rings (SSSR count). The molecule has 0 spiro atoms. The predicted molar refractivity (Wildman–Crippen MR) is 101 cm³/mol. The maximum atomic E-state index is 12.1. The first-order chi connectivity index (χ1) is 12.7. The Kier molecular flexibility index (Phi) is 6.17. The fourth-order valence-corrected chi connectivity index (χ4v) is 2.93. The summed E-state index contributed by atoms with van der Waals surface area (Å²) < 4.78 is 11.1. The van der Waals surface area contributed by atoms with Crippen LogP contribution in [0.4, 0.5) is 5.69 Å². The molecule has 7 heteroatoms. The summed E-state index contributed by atoms with van der Waals surface area (Å²) in [5.74, 6) is 1.19. The molecule has 0 bridgehead atoms. The Hall–Kier alpha value is -2.47. The monoisotopic (exact) mass is 375 g/mol. The molecule has 6 nitrogen and oxygen atoms in total. The third-order valence-corrected chi connectivity index (χ3v) is 4.49. The van der Waals surface area contributed by atoms with Crippen LogP contribution in [0, 0.1) is 0 Å². The van der Waals surface area contributed by atoms with Crippen molar-refractivity contribution in [1.29, 1.82) is 0 Å². The van der Waals surface area contributed by atoms with E-state index in [0.29, 0.717) is 23.2 Å². The molecular formula is C19H22ClN3O3. The third-order valence-electron chi connectivity index (χ3n) is 4.26. The molecule has 1 aliphatic heterocycles. The number of amides is 1. The highest BCUT2D eigenvalue weighted by atomic mass is 35.5. The molecule has 1 aromatic carbocycles. The number of carbonyl (C=O) groups is 1. The van der Waals surface area contributed by atoms with Crippen molar-refractivity contribution >= 4 is 23.2 Å². The minimum atomic E-state index is 0.0190. The highest BCUT2D eigenvalue weighted by Crippen LogP contribution is 2.28. The van der Waals surface area contributed by atoms with Gasteiger partial charge in [-0.05, 0) is 42.7 Å². The molecule has 1 fully saturated rings. The van der Waals surface area contributed by atoms with Crippen LogP contribution in [0.2, 0.25) is 5.15 Å². The Balaban J connectivity index is 1.57. The van der Waals surface area contributed by atoms with Gasteiger partial charge in [-0.25, -0.2) is 4.98 Å². The minimum Gasteiger partial charge on any atom is -0.493 e. The molecule has 1 saturated heterocycles. The van der Waals surface area contributed by atoms with Crippen LogP contribution in [0.25, 0.3) is 0 Å². The van der Waals surface area contributed by atoms with Crippen molar-refractivity contribution in [3.63, 3.8) is 0 Å². The van der Waals surface area contributed by atoms with Crippen molar-refractivity contribution in [3.8, 4) is 11.5 Å². The molecule has 1 amide bonds. The quantitative estimate of drug-likeness (QED) is 0.752. The van der Waals surface area contributed by atoms with Crippen molar-refractivity contribution < 1.29 is 14.3 Å². The highest BCUT2D eigenvalue weighted by molar-refractivity contribution is 6.29. The van der Waals surface area contributed by atoms with E-state index in [-0.39, 0.29) is 12.5 Å². The highest BCUT2D eigenvalue weighted by Gasteiger charge is 2.18. The summed E-state index contributed by atoms with van der Waals surface area (Å²) in [7, 11) is 1.59. The normalized spacial score (nSPS) is 13.5. The number of hydrogen-bond donors (Lipinski definition) is 1. The van der Waals surface area contributed by atoms with Gasteiger partial charge in [-0.2, -0.15) is 0 Å². The summed E-state index contributed by atoms with van der Waals surface area (Å²) in [5, 5.41) is 3.73. The maximum absolute atomic E-state index is 12.1. The topological polar surface area (TPSA) is 63.7 Å². The number of anilines is 1. The first kappa shape index (κ1) is 18.3. The first-order valence-corrected chi connectivity index (χ1v) is 8.96. The van der Waals surface area contributed by atoms with E-state index in [9.17, 15) is 4.79 Å². The number of rotatable bonds is 7. The second-order valence-electron chi connectivity index (χ2n) is 6.08. The zero-order valence-corrected chi connectivity index (χ0v) is 15.5. The molecule has 26 heavy (non-hydrogen) atoms. The van der Waals surface area contributed by atoms with Crippen molar-refractivity contribution in [3.05, 3.63) is 47.2 Å². The van der Waals surface area contributed by atoms with Crippen molar-refractivity contribution in [2.75, 3.05) is 32.1 Å². The second kappa shape index (κ2) is 8.76. The van der Waals surface area contributed by atoms with Crippen LogP contribution in [0.5, 0.6) is 11.5 Å². The summed E-state index contributed by atoms with van der Waals surface area (Å²) in [6.45, 7) is 2.28. The lowest BCUT2D eigenvalue weighted by Gasteiger charge is -2.17. The summed E-state index contributed by atoms with van der Waals surface area (Å²) in [6, 6.07) is 9.26. The molecule has 0 aliphatic carbocycles. The number of nitrogens with one attached hydrogen (secondary N) is 1. The molecule has 0 saturated carbocycles. The van der Waals surface area contributed by atoms with Crippen LogP contribution >= 0.6 is 11.6 Å². The van der Waals surface area contributed by atoms with E-state index in [1.807, 2.05) is 29.2 Å². The van der Waals surface area contributed by atoms with Crippen LogP contribution in [-0.4, -0.2) is 42.6 Å². The van der Waals surface area contributed by atoms with Gasteiger partial charge in [0.15, 0.2) is 18.1 Å². The van der Waals surface area contributed by atoms with Gasteiger partial charge in [0.2, 0.25) is 0 Å². The fourth-order valence-electron chi connectivity index (χ4n) is 2.82. The summed E-state index contributed by atoms with van der Waals surface area (Å²) in [6.07, 6.45) is 3.82. The molecular weight excluding hydrogens is 354 g/mol. The van der Waals surface area contributed by atoms with Crippen LogP contribution in [-0.2, 0) is 11.3 Å². The Labute approximate surface area is 158 Å². The zero-order chi connectivity index (χ0) is 18.4. The SMILES string of the molecule is COc1cc(CNc2ccc(Cl)nc2)ccc1OCC(=O)N1CCCC1. The number of hydrogen-bond acceptors (Lipinski definition) is 5. The van der Waals surface area contributed by atoms with Gasteiger partial charge in [-0.3, -0.25) is 4.79 Å². The standard InChI is InChI=1S/C19H22ClN3O3/c1-25-17-10-14(11-21-15-5-7-18(20)22-12-15)4-6-16(17)26-13-19(24)23-8-2-3-9-23/h4-7,10,12,21H,2-3,8-9,11,13H2,1H3. The predicted octanol–water partition coefficient (Wildman–Crippen LogP) is 3.36. The van der Waals surface area contributed by atoms with Gasteiger partial charge in [-0.15, -0.1) is 0 Å². The van der Waals surface area contributed by atoms with Gasteiger partial charge in [0.1, 0.15) is 5.15 Å². The lowest BCUT2D eigenvalue weighted by Crippen LogP contribution is -2.32. The smallest absolute Gasteiger partial charge is 0.260 e. The van der Waals surface area contributed by atoms with E-state index in [0.717, 1.165) is 37.2 Å². The Morgan fingerprint density at radius 2 is 2.04 bits per heavy atom. The molecule has 0 unspecified atom stereocenters. The van der Waals surface area contributed by atoms with Crippen molar-refractivity contribution in [2.45, 2.75) is 19.4 Å². The third kappa shape index (κ3) is 4.79.